The molecule has 0 aliphatic heterocycles. The molecule has 1 unspecified atom stereocenters. The van der Waals surface area contributed by atoms with Crippen LogP contribution in [0.25, 0.3) is 0 Å². The molecule has 0 saturated heterocycles. The quantitative estimate of drug-likeness (QED) is 0.401. The first-order valence-corrected chi connectivity index (χ1v) is 8.42. The largest absolute Gasteiger partial charge is 0.172 e. The minimum absolute atomic E-state index is 0.000340. The molecule has 3 heteroatoms. The van der Waals surface area contributed by atoms with Crippen LogP contribution in [-0.2, 0) is 0 Å². The van der Waals surface area contributed by atoms with Crippen LogP contribution in [0.15, 0.2) is 30.3 Å². The van der Waals surface area contributed by atoms with Gasteiger partial charge in [-0.05, 0) is 5.56 Å². The summed E-state index contributed by atoms with van der Waals surface area (Å²) in [6.45, 7) is 4.11. The molecule has 66 valence electrons. The van der Waals surface area contributed by atoms with E-state index in [1.807, 2.05) is 30.3 Å². The molecule has 0 N–H and O–H groups in total. The summed E-state index contributed by atoms with van der Waals surface area (Å²) in [4.78, 5) is 0. The van der Waals surface area contributed by atoms with Gasteiger partial charge in [0.15, 0.2) is 7.38 Å². The average molecular weight is 219 g/mol. The molecule has 0 aromatic heterocycles. The van der Waals surface area contributed by atoms with Gasteiger partial charge in [0.05, 0.1) is 5.00 Å². The molecule has 0 fully saturated rings. The van der Waals surface area contributed by atoms with E-state index < -0.39 is 7.38 Å². The number of rotatable bonds is 2. The topological polar surface area (TPSA) is 0 Å². The minimum atomic E-state index is -1.76. The summed E-state index contributed by atoms with van der Waals surface area (Å²) in [7, 11) is -1.76. The molecule has 1 aromatic carbocycles. The Morgan fingerprint density at radius 1 is 1.17 bits per heavy atom. The normalized spacial score (nSPS) is 14.3. The Morgan fingerprint density at radius 2 is 1.67 bits per heavy atom. The molecule has 12 heavy (non-hydrogen) atoms. The van der Waals surface area contributed by atoms with E-state index >= 15 is 0 Å². The lowest BCUT2D eigenvalue weighted by atomic mass is 10.2. The van der Waals surface area contributed by atoms with Crippen LogP contribution in [0.1, 0.15) is 10.6 Å². The Balaban J connectivity index is 2.86. The number of halogens is 2. The van der Waals surface area contributed by atoms with E-state index in [2.05, 4.69) is 13.1 Å². The second-order valence-electron chi connectivity index (χ2n) is 3.34. The lowest BCUT2D eigenvalue weighted by Crippen LogP contribution is -2.24. The second-order valence-corrected chi connectivity index (χ2v) is 10.8. The molecule has 0 radical (unpaired) electrons. The fourth-order valence-corrected chi connectivity index (χ4v) is 2.53. The number of hydrogen-bond donors (Lipinski definition) is 0. The van der Waals surface area contributed by atoms with Crippen molar-refractivity contribution in [2.75, 3.05) is 0 Å². The molecule has 0 aliphatic carbocycles. The molecule has 0 heterocycles. The molecule has 0 aliphatic rings. The van der Waals surface area contributed by atoms with E-state index in [1.54, 1.807) is 0 Å². The molecule has 0 nitrogen and oxygen atoms in total. The summed E-state index contributed by atoms with van der Waals surface area (Å²) >= 11 is 12.4. The van der Waals surface area contributed by atoms with Crippen LogP contribution in [0.4, 0.5) is 0 Å². The van der Waals surface area contributed by atoms with Gasteiger partial charge in [-0.15, -0.1) is 11.6 Å². The van der Waals surface area contributed by atoms with Crippen LogP contribution < -0.4 is 0 Å². The van der Waals surface area contributed by atoms with E-state index in [0.717, 1.165) is 5.56 Å². The zero-order valence-electron chi connectivity index (χ0n) is 7.22. The Hall–Kier alpha value is 0.0169. The standard InChI is InChI=1S/C9H12Cl2Si/c1-12(2,11)9(10)8-6-4-3-5-7-8/h3-7,9H,1-2H3. The molecule has 1 rings (SSSR count). The van der Waals surface area contributed by atoms with Gasteiger partial charge in [0, 0.05) is 0 Å². The summed E-state index contributed by atoms with van der Waals surface area (Å²) < 4.78 is 0. The second kappa shape index (κ2) is 3.82. The molecule has 1 atom stereocenters. The first kappa shape index (κ1) is 10.1. The summed E-state index contributed by atoms with van der Waals surface area (Å²) in [5, 5.41) is 0.000340. The Labute approximate surface area is 84.2 Å². The van der Waals surface area contributed by atoms with Gasteiger partial charge in [0.25, 0.3) is 0 Å². The van der Waals surface area contributed by atoms with Crippen molar-refractivity contribution in [3.05, 3.63) is 35.9 Å². The van der Waals surface area contributed by atoms with Gasteiger partial charge in [-0.3, -0.25) is 0 Å². The molecule has 1 aromatic rings. The van der Waals surface area contributed by atoms with E-state index in [-0.39, 0.29) is 5.00 Å². The van der Waals surface area contributed by atoms with Gasteiger partial charge in [0.1, 0.15) is 0 Å². The van der Waals surface area contributed by atoms with Crippen LogP contribution in [0.5, 0.6) is 0 Å². The first-order chi connectivity index (χ1) is 5.52. The third-order valence-corrected chi connectivity index (χ3v) is 6.11. The van der Waals surface area contributed by atoms with Crippen LogP contribution in [0.3, 0.4) is 0 Å². The minimum Gasteiger partial charge on any atom is -0.166 e. The number of benzene rings is 1. The summed E-state index contributed by atoms with van der Waals surface area (Å²) in [5.41, 5.74) is 1.13. The maximum absolute atomic E-state index is 6.23. The van der Waals surface area contributed by atoms with Crippen molar-refractivity contribution in [2.24, 2.45) is 0 Å². The van der Waals surface area contributed by atoms with Crippen molar-refractivity contribution in [2.45, 2.75) is 18.1 Å². The molecule has 0 amide bonds. The molecular formula is C9H12Cl2Si. The van der Waals surface area contributed by atoms with Crippen LogP contribution >= 0.6 is 22.7 Å². The zero-order chi connectivity index (χ0) is 9.19. The predicted molar refractivity (Wildman–Crippen MR) is 58.4 cm³/mol. The van der Waals surface area contributed by atoms with Gasteiger partial charge < -0.3 is 0 Å². The highest BCUT2D eigenvalue weighted by Gasteiger charge is 2.29. The van der Waals surface area contributed by atoms with Gasteiger partial charge >= 0.3 is 0 Å². The molecule has 0 spiro atoms. The first-order valence-electron chi connectivity index (χ1n) is 3.90. The molecule has 0 saturated carbocycles. The fraction of sp³-hybridized carbons (Fsp3) is 0.333. The van der Waals surface area contributed by atoms with E-state index in [0.29, 0.717) is 0 Å². The van der Waals surface area contributed by atoms with Gasteiger partial charge in [-0.1, -0.05) is 43.4 Å². The maximum atomic E-state index is 6.23. The van der Waals surface area contributed by atoms with Gasteiger partial charge in [-0.25, -0.2) is 0 Å². The lowest BCUT2D eigenvalue weighted by molar-refractivity contribution is 1.29. The summed E-state index contributed by atoms with van der Waals surface area (Å²) in [6, 6.07) is 10.0. The monoisotopic (exact) mass is 218 g/mol. The zero-order valence-corrected chi connectivity index (χ0v) is 9.73. The highest BCUT2D eigenvalue weighted by molar-refractivity contribution is 7.21. The number of alkyl halides is 1. The summed E-state index contributed by atoms with van der Waals surface area (Å²) in [6.07, 6.45) is 0. The van der Waals surface area contributed by atoms with Crippen molar-refractivity contribution in [1.82, 2.24) is 0 Å². The highest BCUT2D eigenvalue weighted by Crippen LogP contribution is 2.33. The fourth-order valence-electron chi connectivity index (χ4n) is 1.02. The Kier molecular flexibility index (Phi) is 3.21. The smallest absolute Gasteiger partial charge is 0.166 e. The van der Waals surface area contributed by atoms with Crippen molar-refractivity contribution in [3.63, 3.8) is 0 Å². The van der Waals surface area contributed by atoms with Crippen molar-refractivity contribution in [1.29, 1.82) is 0 Å². The van der Waals surface area contributed by atoms with E-state index in [1.165, 1.54) is 0 Å². The van der Waals surface area contributed by atoms with Gasteiger partial charge in [0.2, 0.25) is 0 Å². The van der Waals surface area contributed by atoms with Crippen molar-refractivity contribution < 1.29 is 0 Å². The van der Waals surface area contributed by atoms with Crippen molar-refractivity contribution >= 4 is 30.1 Å². The van der Waals surface area contributed by atoms with Crippen LogP contribution in [0, 0.1) is 0 Å². The van der Waals surface area contributed by atoms with Crippen LogP contribution in [-0.4, -0.2) is 7.38 Å². The lowest BCUT2D eigenvalue weighted by Gasteiger charge is -2.20. The Morgan fingerprint density at radius 3 is 2.08 bits per heavy atom. The third kappa shape index (κ3) is 2.51. The van der Waals surface area contributed by atoms with E-state index in [9.17, 15) is 0 Å². The SMILES string of the molecule is C[Si](C)(Cl)C(Cl)c1ccccc1. The highest BCUT2D eigenvalue weighted by atomic mass is 35.6. The predicted octanol–water partition coefficient (Wildman–Crippen LogP) is 3.95. The maximum Gasteiger partial charge on any atom is 0.172 e. The average Bonchev–Trinajstić information content (AvgIpc) is 2.03. The molecular weight excluding hydrogens is 207 g/mol. The Bertz CT molecular complexity index is 240. The third-order valence-electron chi connectivity index (χ3n) is 1.69. The van der Waals surface area contributed by atoms with Crippen LogP contribution in [0.2, 0.25) is 13.1 Å². The van der Waals surface area contributed by atoms with Crippen molar-refractivity contribution in [3.8, 4) is 0 Å². The molecule has 0 bridgehead atoms. The summed E-state index contributed by atoms with van der Waals surface area (Å²) in [5.74, 6) is 0. The van der Waals surface area contributed by atoms with Gasteiger partial charge in [-0.2, -0.15) is 11.1 Å². The van der Waals surface area contributed by atoms with E-state index in [4.69, 9.17) is 22.7 Å². The number of hydrogen-bond acceptors (Lipinski definition) is 0.